The SMILES string of the molecule is C=CCN1CCCc2sccc2C1. The predicted octanol–water partition coefficient (Wildman–Crippen LogP) is 2.68. The Morgan fingerprint density at radius 3 is 3.38 bits per heavy atom. The summed E-state index contributed by atoms with van der Waals surface area (Å²) < 4.78 is 0. The molecule has 0 unspecified atom stereocenters. The molecule has 0 amide bonds. The maximum Gasteiger partial charge on any atom is 0.0248 e. The third kappa shape index (κ3) is 2.01. The molecule has 1 aromatic rings. The highest BCUT2D eigenvalue weighted by molar-refractivity contribution is 7.10. The number of hydrogen-bond acceptors (Lipinski definition) is 2. The van der Waals surface area contributed by atoms with E-state index in [0.717, 1.165) is 13.1 Å². The van der Waals surface area contributed by atoms with Crippen molar-refractivity contribution in [2.24, 2.45) is 0 Å². The van der Waals surface area contributed by atoms with Gasteiger partial charge in [0, 0.05) is 18.0 Å². The number of rotatable bonds is 2. The van der Waals surface area contributed by atoms with Crippen LogP contribution in [0, 0.1) is 0 Å². The molecule has 0 N–H and O–H groups in total. The van der Waals surface area contributed by atoms with Crippen LogP contribution in [0.2, 0.25) is 0 Å². The molecule has 2 heterocycles. The number of fused-ring (bicyclic) bond motifs is 1. The van der Waals surface area contributed by atoms with Gasteiger partial charge in [-0.3, -0.25) is 4.90 Å². The largest absolute Gasteiger partial charge is 0.295 e. The molecule has 0 bridgehead atoms. The van der Waals surface area contributed by atoms with Crippen molar-refractivity contribution in [3.8, 4) is 0 Å². The molecule has 1 aliphatic rings. The fourth-order valence-corrected chi connectivity index (χ4v) is 2.79. The molecule has 0 spiro atoms. The molecule has 0 radical (unpaired) electrons. The van der Waals surface area contributed by atoms with Crippen LogP contribution in [0.3, 0.4) is 0 Å². The average molecular weight is 193 g/mol. The minimum atomic E-state index is 1.02. The molecule has 1 aromatic heterocycles. The van der Waals surface area contributed by atoms with E-state index in [2.05, 4.69) is 22.9 Å². The standard InChI is InChI=1S/C11H15NS/c1-2-6-12-7-3-4-11-10(9-12)5-8-13-11/h2,5,8H,1,3-4,6-7,9H2. The Labute approximate surface area is 83.7 Å². The summed E-state index contributed by atoms with van der Waals surface area (Å²) in [5, 5.41) is 2.21. The number of thiophene rings is 1. The molecule has 0 fully saturated rings. The Morgan fingerprint density at radius 2 is 2.54 bits per heavy atom. The highest BCUT2D eigenvalue weighted by Gasteiger charge is 2.13. The lowest BCUT2D eigenvalue weighted by atomic mass is 10.2. The van der Waals surface area contributed by atoms with Crippen LogP contribution >= 0.6 is 11.3 Å². The fourth-order valence-electron chi connectivity index (χ4n) is 1.85. The van der Waals surface area contributed by atoms with Crippen LogP contribution in [0.15, 0.2) is 24.1 Å². The molecule has 70 valence electrons. The van der Waals surface area contributed by atoms with E-state index in [-0.39, 0.29) is 0 Å². The van der Waals surface area contributed by atoms with Crippen LogP contribution < -0.4 is 0 Å². The maximum atomic E-state index is 3.79. The first-order valence-corrected chi connectivity index (χ1v) is 5.66. The van der Waals surface area contributed by atoms with Crippen LogP contribution in [-0.2, 0) is 13.0 Å². The van der Waals surface area contributed by atoms with Gasteiger partial charge in [-0.1, -0.05) is 6.08 Å². The van der Waals surface area contributed by atoms with Crippen molar-refractivity contribution in [3.05, 3.63) is 34.5 Å². The summed E-state index contributed by atoms with van der Waals surface area (Å²) in [6, 6.07) is 2.27. The maximum absolute atomic E-state index is 3.79. The van der Waals surface area contributed by atoms with E-state index in [9.17, 15) is 0 Å². The van der Waals surface area contributed by atoms with E-state index in [1.54, 1.807) is 4.88 Å². The molecule has 0 saturated carbocycles. The molecule has 13 heavy (non-hydrogen) atoms. The third-order valence-electron chi connectivity index (χ3n) is 2.50. The lowest BCUT2D eigenvalue weighted by Crippen LogP contribution is -2.22. The Morgan fingerprint density at radius 1 is 1.62 bits per heavy atom. The number of aryl methyl sites for hydroxylation is 1. The molecule has 0 aromatic carbocycles. The predicted molar refractivity (Wildman–Crippen MR) is 58.1 cm³/mol. The average Bonchev–Trinajstić information content (AvgIpc) is 2.46. The summed E-state index contributed by atoms with van der Waals surface area (Å²) in [5.74, 6) is 0. The molecule has 1 nitrogen and oxygen atoms in total. The van der Waals surface area contributed by atoms with Gasteiger partial charge in [-0.05, 0) is 36.4 Å². The van der Waals surface area contributed by atoms with Gasteiger partial charge in [0.1, 0.15) is 0 Å². The van der Waals surface area contributed by atoms with Crippen LogP contribution in [0.25, 0.3) is 0 Å². The molecule has 0 atom stereocenters. The molecule has 1 aliphatic heterocycles. The van der Waals surface area contributed by atoms with E-state index >= 15 is 0 Å². The highest BCUT2D eigenvalue weighted by Crippen LogP contribution is 2.23. The van der Waals surface area contributed by atoms with Gasteiger partial charge in [0.25, 0.3) is 0 Å². The molecule has 0 saturated heterocycles. The van der Waals surface area contributed by atoms with E-state index in [1.807, 2.05) is 17.4 Å². The van der Waals surface area contributed by atoms with Crippen molar-refractivity contribution in [2.75, 3.05) is 13.1 Å². The summed E-state index contributed by atoms with van der Waals surface area (Å²) in [6.45, 7) is 7.14. The fraction of sp³-hybridized carbons (Fsp3) is 0.455. The van der Waals surface area contributed by atoms with Crippen LogP contribution in [0.1, 0.15) is 16.9 Å². The van der Waals surface area contributed by atoms with E-state index in [1.165, 1.54) is 24.9 Å². The topological polar surface area (TPSA) is 3.24 Å². The molecule has 2 rings (SSSR count). The molecular formula is C11H15NS. The smallest absolute Gasteiger partial charge is 0.0248 e. The van der Waals surface area contributed by atoms with Crippen molar-refractivity contribution in [3.63, 3.8) is 0 Å². The molecular weight excluding hydrogens is 178 g/mol. The zero-order valence-corrected chi connectivity index (χ0v) is 8.65. The quantitative estimate of drug-likeness (QED) is 0.653. The Hall–Kier alpha value is -0.600. The Kier molecular flexibility index (Phi) is 2.81. The first-order chi connectivity index (χ1) is 6.40. The van der Waals surface area contributed by atoms with Gasteiger partial charge in [-0.25, -0.2) is 0 Å². The normalized spacial score (nSPS) is 17.8. The van der Waals surface area contributed by atoms with Crippen molar-refractivity contribution >= 4 is 11.3 Å². The van der Waals surface area contributed by atoms with Gasteiger partial charge in [0.15, 0.2) is 0 Å². The third-order valence-corrected chi connectivity index (χ3v) is 3.52. The van der Waals surface area contributed by atoms with E-state index in [0.29, 0.717) is 0 Å². The zero-order valence-electron chi connectivity index (χ0n) is 7.83. The van der Waals surface area contributed by atoms with Gasteiger partial charge in [0.2, 0.25) is 0 Å². The summed E-state index contributed by atoms with van der Waals surface area (Å²) in [5.41, 5.74) is 1.53. The number of hydrogen-bond donors (Lipinski definition) is 0. The van der Waals surface area contributed by atoms with Gasteiger partial charge in [-0.15, -0.1) is 17.9 Å². The van der Waals surface area contributed by atoms with Crippen LogP contribution in [0.5, 0.6) is 0 Å². The molecule has 0 aliphatic carbocycles. The lowest BCUT2D eigenvalue weighted by Gasteiger charge is -2.17. The Balaban J connectivity index is 2.11. The van der Waals surface area contributed by atoms with Gasteiger partial charge < -0.3 is 0 Å². The van der Waals surface area contributed by atoms with Crippen molar-refractivity contribution in [1.82, 2.24) is 4.90 Å². The zero-order chi connectivity index (χ0) is 9.10. The number of nitrogens with zero attached hydrogens (tertiary/aromatic N) is 1. The Bertz CT molecular complexity index is 290. The van der Waals surface area contributed by atoms with Crippen molar-refractivity contribution < 1.29 is 0 Å². The summed E-state index contributed by atoms with van der Waals surface area (Å²) in [6.07, 6.45) is 4.55. The minimum absolute atomic E-state index is 1.02. The second kappa shape index (κ2) is 4.07. The van der Waals surface area contributed by atoms with E-state index < -0.39 is 0 Å². The summed E-state index contributed by atoms with van der Waals surface area (Å²) in [4.78, 5) is 4.05. The van der Waals surface area contributed by atoms with Gasteiger partial charge in [-0.2, -0.15) is 0 Å². The van der Waals surface area contributed by atoms with Gasteiger partial charge in [0.05, 0.1) is 0 Å². The van der Waals surface area contributed by atoms with Crippen LogP contribution in [0.4, 0.5) is 0 Å². The first kappa shape index (κ1) is 8.97. The molecule has 2 heteroatoms. The van der Waals surface area contributed by atoms with Gasteiger partial charge >= 0.3 is 0 Å². The highest BCUT2D eigenvalue weighted by atomic mass is 32.1. The lowest BCUT2D eigenvalue weighted by molar-refractivity contribution is 0.299. The van der Waals surface area contributed by atoms with Crippen molar-refractivity contribution in [2.45, 2.75) is 19.4 Å². The second-order valence-electron chi connectivity index (χ2n) is 3.50. The van der Waals surface area contributed by atoms with Crippen molar-refractivity contribution in [1.29, 1.82) is 0 Å². The van der Waals surface area contributed by atoms with Crippen LogP contribution in [-0.4, -0.2) is 18.0 Å². The summed E-state index contributed by atoms with van der Waals surface area (Å²) in [7, 11) is 0. The second-order valence-corrected chi connectivity index (χ2v) is 4.50. The minimum Gasteiger partial charge on any atom is -0.295 e. The van der Waals surface area contributed by atoms with E-state index in [4.69, 9.17) is 0 Å². The first-order valence-electron chi connectivity index (χ1n) is 4.78. The summed E-state index contributed by atoms with van der Waals surface area (Å²) >= 11 is 1.91. The monoisotopic (exact) mass is 193 g/mol.